The van der Waals surface area contributed by atoms with Crippen molar-refractivity contribution < 1.29 is 4.79 Å². The van der Waals surface area contributed by atoms with Crippen molar-refractivity contribution >= 4 is 11.9 Å². The maximum absolute atomic E-state index is 10.9. The Morgan fingerprint density at radius 2 is 1.75 bits per heavy atom. The largest absolute Gasteiger partial charge is 0.293 e. The molecule has 0 spiro atoms. The predicted octanol–water partition coefficient (Wildman–Crippen LogP) is 5.85. The summed E-state index contributed by atoms with van der Waals surface area (Å²) in [6.45, 7) is 15.8. The lowest BCUT2D eigenvalue weighted by Crippen LogP contribution is -1.97. The minimum atomic E-state index is -0.00582. The average Bonchev–Trinajstić information content (AvgIpc) is 2.41. The van der Waals surface area contributed by atoms with E-state index in [0.29, 0.717) is 5.69 Å². The zero-order valence-corrected chi connectivity index (χ0v) is 14.1. The van der Waals surface area contributed by atoms with E-state index in [-0.39, 0.29) is 5.78 Å². The number of carbonyl (C=O) groups excluding carboxylic acids is 1. The molecule has 114 valence electrons. The Bertz CT molecular complexity index is 381. The van der Waals surface area contributed by atoms with E-state index in [1.165, 1.54) is 32.6 Å². The Morgan fingerprint density at radius 1 is 1.25 bits per heavy atom. The van der Waals surface area contributed by atoms with E-state index in [4.69, 9.17) is 0 Å². The van der Waals surface area contributed by atoms with Gasteiger partial charge in [0.25, 0.3) is 0 Å². The number of rotatable bonds is 4. The molecule has 0 unspecified atom stereocenters. The van der Waals surface area contributed by atoms with Crippen LogP contribution < -0.4 is 0 Å². The number of hydrogen-bond donors (Lipinski definition) is 0. The smallest absolute Gasteiger partial charge is 0.178 e. The molecule has 0 atom stereocenters. The number of unbranched alkanes of at least 4 members (excludes halogenated alkanes) is 2. The van der Waals surface area contributed by atoms with E-state index in [2.05, 4.69) is 39.3 Å². The van der Waals surface area contributed by atoms with Gasteiger partial charge in [-0.25, -0.2) is 0 Å². The number of aromatic nitrogens is 1. The molecule has 0 aliphatic carbocycles. The van der Waals surface area contributed by atoms with Crippen molar-refractivity contribution in [2.45, 2.75) is 67.2 Å². The monoisotopic (exact) mass is 277 g/mol. The van der Waals surface area contributed by atoms with E-state index >= 15 is 0 Å². The van der Waals surface area contributed by atoms with Gasteiger partial charge in [-0.1, -0.05) is 66.0 Å². The highest BCUT2D eigenvalue weighted by Gasteiger charge is 2.02. The number of hydrogen-bond acceptors (Lipinski definition) is 2. The Hall–Kier alpha value is -1.44. The summed E-state index contributed by atoms with van der Waals surface area (Å²) in [4.78, 5) is 14.9. The van der Waals surface area contributed by atoms with Gasteiger partial charge >= 0.3 is 0 Å². The first-order valence-corrected chi connectivity index (χ1v) is 7.58. The van der Waals surface area contributed by atoms with Crippen molar-refractivity contribution in [3.63, 3.8) is 0 Å². The van der Waals surface area contributed by atoms with Gasteiger partial charge in [0.2, 0.25) is 0 Å². The zero-order valence-electron chi connectivity index (χ0n) is 14.1. The van der Waals surface area contributed by atoms with Crippen LogP contribution in [0, 0.1) is 6.92 Å². The van der Waals surface area contributed by atoms with E-state index in [1.807, 2.05) is 6.92 Å². The van der Waals surface area contributed by atoms with Crippen LogP contribution in [0.15, 0.2) is 18.8 Å². The Morgan fingerprint density at radius 3 is 2.00 bits per heavy atom. The van der Waals surface area contributed by atoms with Gasteiger partial charge in [0, 0.05) is 13.1 Å². The summed E-state index contributed by atoms with van der Waals surface area (Å²) in [5, 5.41) is 0. The quantitative estimate of drug-likeness (QED) is 0.646. The van der Waals surface area contributed by atoms with Crippen LogP contribution in [0.3, 0.4) is 0 Å². The molecule has 2 heteroatoms. The first-order valence-electron chi connectivity index (χ1n) is 7.58. The van der Waals surface area contributed by atoms with E-state index < -0.39 is 0 Å². The number of Topliss-reactive ketones (excluding diaryl/α,β-unsaturated/α-hetero) is 1. The second-order valence-corrected chi connectivity index (χ2v) is 4.75. The third-order valence-corrected chi connectivity index (χ3v) is 2.44. The lowest BCUT2D eigenvalue weighted by molar-refractivity contribution is 0.101. The lowest BCUT2D eigenvalue weighted by Gasteiger charge is -2.00. The van der Waals surface area contributed by atoms with Gasteiger partial charge in [0.05, 0.1) is 0 Å². The van der Waals surface area contributed by atoms with Crippen LogP contribution >= 0.6 is 0 Å². The van der Waals surface area contributed by atoms with E-state index in [1.54, 1.807) is 18.3 Å². The van der Waals surface area contributed by atoms with E-state index in [9.17, 15) is 4.79 Å². The highest BCUT2D eigenvalue weighted by molar-refractivity contribution is 5.92. The van der Waals surface area contributed by atoms with Crippen molar-refractivity contribution in [3.8, 4) is 0 Å². The van der Waals surface area contributed by atoms with Crippen molar-refractivity contribution in [1.82, 2.24) is 4.98 Å². The van der Waals surface area contributed by atoms with Crippen molar-refractivity contribution in [2.75, 3.05) is 0 Å². The number of ketones is 1. The minimum Gasteiger partial charge on any atom is -0.293 e. The summed E-state index contributed by atoms with van der Waals surface area (Å²) in [6, 6.07) is 1.78. The minimum absolute atomic E-state index is 0.00582. The molecule has 1 aromatic rings. The summed E-state index contributed by atoms with van der Waals surface area (Å²) in [5.74, 6) is -0.00582. The number of nitrogens with zero attached hydrogens (tertiary/aromatic N) is 1. The Kier molecular flexibility index (Phi) is 14.6. The van der Waals surface area contributed by atoms with Crippen LogP contribution in [-0.4, -0.2) is 10.8 Å². The molecular weight excluding hydrogens is 246 g/mol. The van der Waals surface area contributed by atoms with Crippen LogP contribution in [0.4, 0.5) is 0 Å². The lowest BCUT2D eigenvalue weighted by atomic mass is 10.1. The number of aryl methyl sites for hydroxylation is 1. The number of pyridine rings is 1. The second-order valence-electron chi connectivity index (χ2n) is 4.75. The predicted molar refractivity (Wildman–Crippen MR) is 90.2 cm³/mol. The van der Waals surface area contributed by atoms with Crippen LogP contribution in [0.25, 0.3) is 6.08 Å². The van der Waals surface area contributed by atoms with Crippen LogP contribution in [-0.2, 0) is 0 Å². The molecule has 0 saturated carbocycles. The SMILES string of the molecule is C=Cc1cnc(C(C)=O)cc1C.CCC.CCCCC. The first-order chi connectivity index (χ1) is 9.48. The molecule has 1 aromatic heterocycles. The first kappa shape index (κ1) is 20.9. The highest BCUT2D eigenvalue weighted by Crippen LogP contribution is 2.09. The third kappa shape index (κ3) is 10.5. The van der Waals surface area contributed by atoms with Gasteiger partial charge in [-0.15, -0.1) is 0 Å². The summed E-state index contributed by atoms with van der Waals surface area (Å²) in [5.41, 5.74) is 2.52. The molecule has 0 amide bonds. The molecule has 0 aliphatic rings. The molecule has 0 N–H and O–H groups in total. The Labute approximate surface area is 125 Å². The van der Waals surface area contributed by atoms with Crippen LogP contribution in [0.5, 0.6) is 0 Å². The Balaban J connectivity index is 0. The molecular formula is C18H31NO. The fourth-order valence-corrected chi connectivity index (χ4v) is 1.33. The van der Waals surface area contributed by atoms with Gasteiger partial charge in [-0.2, -0.15) is 0 Å². The summed E-state index contributed by atoms with van der Waals surface area (Å²) in [7, 11) is 0. The third-order valence-electron chi connectivity index (χ3n) is 2.44. The van der Waals surface area contributed by atoms with Gasteiger partial charge < -0.3 is 0 Å². The van der Waals surface area contributed by atoms with Gasteiger partial charge in [-0.3, -0.25) is 9.78 Å². The average molecular weight is 277 g/mol. The summed E-state index contributed by atoms with van der Waals surface area (Å²) < 4.78 is 0. The van der Waals surface area contributed by atoms with Crippen molar-refractivity contribution in [3.05, 3.63) is 35.7 Å². The van der Waals surface area contributed by atoms with Gasteiger partial charge in [-0.05, 0) is 24.1 Å². The maximum Gasteiger partial charge on any atom is 0.178 e. The molecule has 0 bridgehead atoms. The van der Waals surface area contributed by atoms with Crippen LogP contribution in [0.2, 0.25) is 0 Å². The molecule has 1 rings (SSSR count). The fourth-order valence-electron chi connectivity index (χ4n) is 1.33. The van der Waals surface area contributed by atoms with Crippen LogP contribution in [0.1, 0.15) is 81.9 Å². The van der Waals surface area contributed by atoms with E-state index in [0.717, 1.165) is 11.1 Å². The zero-order chi connectivity index (χ0) is 16.0. The maximum atomic E-state index is 10.9. The molecule has 0 aromatic carbocycles. The highest BCUT2D eigenvalue weighted by atomic mass is 16.1. The van der Waals surface area contributed by atoms with Crippen molar-refractivity contribution in [1.29, 1.82) is 0 Å². The second kappa shape index (κ2) is 14.0. The topological polar surface area (TPSA) is 30.0 Å². The number of carbonyl (C=O) groups is 1. The molecule has 0 radical (unpaired) electrons. The molecule has 20 heavy (non-hydrogen) atoms. The van der Waals surface area contributed by atoms with Crippen molar-refractivity contribution in [2.24, 2.45) is 0 Å². The standard InChI is InChI=1S/C10H11NO.C5H12.C3H8/c1-4-9-6-11-10(8(3)12)5-7(9)2;1-3-5-4-2;1-3-2/h4-6H,1H2,2-3H3;3-5H2,1-2H3;3H2,1-2H3. The molecule has 2 nitrogen and oxygen atoms in total. The normalized spacial score (nSPS) is 8.70. The molecule has 0 aliphatic heterocycles. The summed E-state index contributed by atoms with van der Waals surface area (Å²) in [6.07, 6.45) is 8.72. The molecule has 0 saturated heterocycles. The fraction of sp³-hybridized carbons (Fsp3) is 0.556. The van der Waals surface area contributed by atoms with Gasteiger partial charge in [0.15, 0.2) is 5.78 Å². The van der Waals surface area contributed by atoms with Gasteiger partial charge in [0.1, 0.15) is 5.69 Å². The molecule has 1 heterocycles. The molecule has 0 fully saturated rings. The summed E-state index contributed by atoms with van der Waals surface area (Å²) >= 11 is 0.